The number of hydrogen-bond donors (Lipinski definition) is 0. The average Bonchev–Trinajstić information content (AvgIpc) is 3.58. The van der Waals surface area contributed by atoms with Crippen molar-refractivity contribution in [3.8, 4) is 0 Å². The molecule has 0 aromatic rings. The molecule has 158 valence electrons. The van der Waals surface area contributed by atoms with Crippen molar-refractivity contribution in [3.63, 3.8) is 0 Å². The number of hydrogen-bond acceptors (Lipinski definition) is 8. The Labute approximate surface area is 165 Å². The molecule has 0 aromatic carbocycles. The average molecular weight is 398 g/mol. The highest BCUT2D eigenvalue weighted by Gasteiger charge is 2.47. The first-order valence-electron chi connectivity index (χ1n) is 10.4. The van der Waals surface area contributed by atoms with E-state index in [4.69, 9.17) is 28.4 Å². The quantitative estimate of drug-likeness (QED) is 0.345. The molecule has 0 amide bonds. The van der Waals surface area contributed by atoms with E-state index in [1.165, 1.54) is 0 Å². The minimum absolute atomic E-state index is 0.00958. The van der Waals surface area contributed by atoms with Crippen LogP contribution in [0.25, 0.3) is 0 Å². The van der Waals surface area contributed by atoms with Gasteiger partial charge in [-0.3, -0.25) is 0 Å². The molecule has 0 N–H and O–H groups in total. The van der Waals surface area contributed by atoms with E-state index in [1.54, 1.807) is 0 Å². The number of fused-ring (bicyclic) bond motifs is 1. The van der Waals surface area contributed by atoms with Crippen molar-refractivity contribution in [1.29, 1.82) is 0 Å². The first-order chi connectivity index (χ1) is 13.5. The van der Waals surface area contributed by atoms with Crippen molar-refractivity contribution < 1.29 is 38.0 Å². The molecule has 0 spiro atoms. The molecule has 8 atom stereocenters. The molecule has 1 aliphatic carbocycles. The summed E-state index contributed by atoms with van der Waals surface area (Å²) in [4.78, 5) is 23.8. The lowest BCUT2D eigenvalue weighted by Crippen LogP contribution is -2.30. The Morgan fingerprint density at radius 1 is 1.07 bits per heavy atom. The van der Waals surface area contributed by atoms with Crippen LogP contribution in [-0.4, -0.2) is 68.6 Å². The first kappa shape index (κ1) is 20.1. The van der Waals surface area contributed by atoms with Gasteiger partial charge in [0.2, 0.25) is 0 Å². The van der Waals surface area contributed by atoms with Crippen LogP contribution in [0.5, 0.6) is 0 Å². The molecule has 0 radical (unpaired) electrons. The standard InChI is InChI=1S/C20H30O8/c1-3-12(6-16-11(2)26-16)8-23-18(21)19(22)24-9-14-10-25-20(27-14)13-4-5-15-17(7-13)28-15/h11-17,20H,3-10H2,1-2H3. The van der Waals surface area contributed by atoms with Crippen molar-refractivity contribution in [1.82, 2.24) is 0 Å². The van der Waals surface area contributed by atoms with Crippen LogP contribution in [0, 0.1) is 11.8 Å². The van der Waals surface area contributed by atoms with Crippen molar-refractivity contribution in [2.24, 2.45) is 11.8 Å². The maximum absolute atomic E-state index is 11.9. The molecule has 0 aromatic heterocycles. The summed E-state index contributed by atoms with van der Waals surface area (Å²) in [5.41, 5.74) is 0. The Kier molecular flexibility index (Phi) is 6.20. The molecule has 0 bridgehead atoms. The monoisotopic (exact) mass is 398 g/mol. The van der Waals surface area contributed by atoms with E-state index >= 15 is 0 Å². The Morgan fingerprint density at radius 3 is 2.57 bits per heavy atom. The molecule has 3 heterocycles. The van der Waals surface area contributed by atoms with Gasteiger partial charge in [0.25, 0.3) is 0 Å². The van der Waals surface area contributed by atoms with E-state index in [9.17, 15) is 9.59 Å². The summed E-state index contributed by atoms with van der Waals surface area (Å²) < 4.78 is 32.7. The van der Waals surface area contributed by atoms with E-state index < -0.39 is 11.9 Å². The highest BCUT2D eigenvalue weighted by molar-refractivity contribution is 6.29. The second-order valence-corrected chi connectivity index (χ2v) is 8.33. The third-order valence-electron chi connectivity index (χ3n) is 6.20. The van der Waals surface area contributed by atoms with Gasteiger partial charge in [0.05, 0.1) is 37.6 Å². The van der Waals surface area contributed by atoms with Crippen LogP contribution in [0.2, 0.25) is 0 Å². The molecule has 4 rings (SSSR count). The van der Waals surface area contributed by atoms with Gasteiger partial charge < -0.3 is 28.4 Å². The lowest BCUT2D eigenvalue weighted by atomic mass is 9.89. The third-order valence-corrected chi connectivity index (χ3v) is 6.20. The Bertz CT molecular complexity index is 581. The van der Waals surface area contributed by atoms with Gasteiger partial charge in [0.15, 0.2) is 6.29 Å². The van der Waals surface area contributed by atoms with Gasteiger partial charge in [-0.1, -0.05) is 6.92 Å². The Morgan fingerprint density at radius 2 is 1.86 bits per heavy atom. The fourth-order valence-corrected chi connectivity index (χ4v) is 4.13. The number of epoxide rings is 2. The minimum atomic E-state index is -0.982. The molecule has 4 fully saturated rings. The lowest BCUT2D eigenvalue weighted by Gasteiger charge is -2.24. The van der Waals surface area contributed by atoms with Gasteiger partial charge in [-0.25, -0.2) is 9.59 Å². The first-order valence-corrected chi connectivity index (χ1v) is 10.4. The molecular weight excluding hydrogens is 368 g/mol. The van der Waals surface area contributed by atoms with Crippen LogP contribution in [0.3, 0.4) is 0 Å². The minimum Gasteiger partial charge on any atom is -0.457 e. The predicted octanol–water partition coefficient (Wildman–Crippen LogP) is 1.59. The molecule has 28 heavy (non-hydrogen) atoms. The van der Waals surface area contributed by atoms with Crippen LogP contribution in [-0.2, 0) is 38.0 Å². The zero-order valence-corrected chi connectivity index (χ0v) is 16.5. The summed E-state index contributed by atoms with van der Waals surface area (Å²) in [6.45, 7) is 4.60. The van der Waals surface area contributed by atoms with E-state index in [0.29, 0.717) is 24.7 Å². The number of esters is 2. The number of rotatable bonds is 8. The van der Waals surface area contributed by atoms with E-state index in [2.05, 4.69) is 0 Å². The zero-order valence-electron chi connectivity index (χ0n) is 16.5. The van der Waals surface area contributed by atoms with Crippen molar-refractivity contribution >= 4 is 11.9 Å². The fourth-order valence-electron chi connectivity index (χ4n) is 4.13. The second-order valence-electron chi connectivity index (χ2n) is 8.33. The molecule has 3 saturated heterocycles. The van der Waals surface area contributed by atoms with Crippen molar-refractivity contribution in [2.45, 2.75) is 82.8 Å². The van der Waals surface area contributed by atoms with E-state index in [0.717, 1.165) is 32.1 Å². The largest absolute Gasteiger partial charge is 0.457 e. The lowest BCUT2D eigenvalue weighted by molar-refractivity contribution is -0.171. The number of ether oxygens (including phenoxy) is 6. The maximum atomic E-state index is 11.9. The van der Waals surface area contributed by atoms with E-state index in [-0.39, 0.29) is 43.7 Å². The highest BCUT2D eigenvalue weighted by Crippen LogP contribution is 2.42. The molecule has 8 nitrogen and oxygen atoms in total. The highest BCUT2D eigenvalue weighted by atomic mass is 16.7. The Balaban J connectivity index is 1.11. The normalized spacial score (nSPS) is 39.7. The number of carbonyl (C=O) groups excluding carboxylic acids is 2. The number of carbonyl (C=O) groups is 2. The second kappa shape index (κ2) is 8.65. The van der Waals surface area contributed by atoms with Gasteiger partial charge in [-0.05, 0) is 44.9 Å². The summed E-state index contributed by atoms with van der Waals surface area (Å²) in [5.74, 6) is -1.43. The Hall–Kier alpha value is -1.22. The van der Waals surface area contributed by atoms with Gasteiger partial charge >= 0.3 is 11.9 Å². The van der Waals surface area contributed by atoms with Gasteiger partial charge in [-0.2, -0.15) is 0 Å². The molecule has 4 aliphatic rings. The summed E-state index contributed by atoms with van der Waals surface area (Å²) in [7, 11) is 0. The van der Waals surface area contributed by atoms with E-state index in [1.807, 2.05) is 13.8 Å². The fraction of sp³-hybridized carbons (Fsp3) is 0.900. The SMILES string of the molecule is CCC(COC(=O)C(=O)OCC1COC(C2CCC3OC3C2)O1)CC1OC1C. The predicted molar refractivity (Wildman–Crippen MR) is 95.3 cm³/mol. The van der Waals surface area contributed by atoms with Crippen LogP contribution >= 0.6 is 0 Å². The van der Waals surface area contributed by atoms with Crippen molar-refractivity contribution in [2.75, 3.05) is 19.8 Å². The van der Waals surface area contributed by atoms with Gasteiger partial charge in [0.1, 0.15) is 12.7 Å². The molecule has 8 heteroatoms. The summed E-state index contributed by atoms with van der Waals surface area (Å²) >= 11 is 0. The molecule has 8 unspecified atom stereocenters. The third kappa shape index (κ3) is 5.03. The summed E-state index contributed by atoms with van der Waals surface area (Å²) in [6.07, 6.45) is 5.41. The van der Waals surface area contributed by atoms with Crippen LogP contribution in [0.1, 0.15) is 46.0 Å². The van der Waals surface area contributed by atoms with Gasteiger partial charge in [0, 0.05) is 5.92 Å². The smallest absolute Gasteiger partial charge is 0.417 e. The topological polar surface area (TPSA) is 96.1 Å². The summed E-state index contributed by atoms with van der Waals surface area (Å²) in [5, 5.41) is 0. The van der Waals surface area contributed by atoms with Gasteiger partial charge in [-0.15, -0.1) is 0 Å². The van der Waals surface area contributed by atoms with Crippen molar-refractivity contribution in [3.05, 3.63) is 0 Å². The zero-order chi connectivity index (χ0) is 19.7. The maximum Gasteiger partial charge on any atom is 0.417 e. The molecular formula is C20H30O8. The molecule has 3 aliphatic heterocycles. The van der Waals surface area contributed by atoms with Crippen LogP contribution in [0.4, 0.5) is 0 Å². The van der Waals surface area contributed by atoms with Crippen LogP contribution < -0.4 is 0 Å². The summed E-state index contributed by atoms with van der Waals surface area (Å²) in [6, 6.07) is 0. The molecule has 1 saturated carbocycles. The van der Waals surface area contributed by atoms with Crippen LogP contribution in [0.15, 0.2) is 0 Å².